The van der Waals surface area contributed by atoms with Gasteiger partial charge in [-0.1, -0.05) is 31.0 Å². The number of ether oxygens (including phenoxy) is 2. The second kappa shape index (κ2) is 12.0. The van der Waals surface area contributed by atoms with Gasteiger partial charge in [0.05, 0.1) is 20.0 Å². The molecule has 5 rings (SSSR count). The number of aliphatic hydroxyl groups is 1. The molecule has 41 heavy (non-hydrogen) atoms. The van der Waals surface area contributed by atoms with Crippen LogP contribution >= 0.6 is 7.75 Å². The molecule has 1 saturated carbocycles. The number of carbonyl (C=O) groups excluding carboxylic acids is 1. The molecule has 1 aliphatic carbocycles. The van der Waals surface area contributed by atoms with Gasteiger partial charge in [-0.15, -0.1) is 0 Å². The van der Waals surface area contributed by atoms with Crippen LogP contribution in [0.5, 0.6) is 5.75 Å². The van der Waals surface area contributed by atoms with Crippen LogP contribution in [0.2, 0.25) is 0 Å². The number of fused-ring (bicyclic) bond motifs is 1. The molecule has 0 spiro atoms. The van der Waals surface area contributed by atoms with E-state index in [4.69, 9.17) is 18.5 Å². The van der Waals surface area contributed by atoms with Crippen molar-refractivity contribution in [1.29, 1.82) is 0 Å². The van der Waals surface area contributed by atoms with Crippen molar-refractivity contribution in [3.63, 3.8) is 0 Å². The summed E-state index contributed by atoms with van der Waals surface area (Å²) in [4.78, 5) is 25.0. The lowest BCUT2D eigenvalue weighted by atomic mass is 9.98. The Hall–Kier alpha value is -3.16. The van der Waals surface area contributed by atoms with E-state index in [-0.39, 0.29) is 11.8 Å². The van der Waals surface area contributed by atoms with Crippen molar-refractivity contribution >= 4 is 30.7 Å². The minimum atomic E-state index is -4.24. The van der Waals surface area contributed by atoms with Crippen LogP contribution in [0, 0.1) is 0 Å². The molecule has 0 amide bonds. The molecule has 1 aromatic carbocycles. The molecule has 1 aliphatic heterocycles. The largest absolute Gasteiger partial charge is 0.468 e. The van der Waals surface area contributed by atoms with Gasteiger partial charge in [0.15, 0.2) is 28.9 Å². The van der Waals surface area contributed by atoms with Gasteiger partial charge in [-0.3, -0.25) is 13.9 Å². The van der Waals surface area contributed by atoms with Crippen LogP contribution in [0.3, 0.4) is 0 Å². The lowest BCUT2D eigenvalue weighted by Crippen LogP contribution is -2.41. The van der Waals surface area contributed by atoms with E-state index >= 15 is 4.39 Å². The maximum Gasteiger partial charge on any atom is 0.459 e. The number of para-hydroxylation sites is 1. The molecule has 6 atom stereocenters. The van der Waals surface area contributed by atoms with Gasteiger partial charge in [0.25, 0.3) is 0 Å². The molecule has 2 aromatic heterocycles. The molecule has 2 fully saturated rings. The summed E-state index contributed by atoms with van der Waals surface area (Å²) in [7, 11) is -3.05. The normalized spacial score (nSPS) is 27.0. The van der Waals surface area contributed by atoms with E-state index in [1.54, 1.807) is 30.3 Å². The van der Waals surface area contributed by atoms with Gasteiger partial charge in [0.1, 0.15) is 30.3 Å². The molecule has 13 nitrogen and oxygen atoms in total. The summed E-state index contributed by atoms with van der Waals surface area (Å²) in [6, 6.07) is 7.40. The first kappa shape index (κ1) is 29.3. The molecule has 0 bridgehead atoms. The van der Waals surface area contributed by atoms with E-state index in [0.717, 1.165) is 25.7 Å². The van der Waals surface area contributed by atoms with E-state index in [2.05, 4.69) is 25.4 Å². The van der Waals surface area contributed by atoms with Crippen molar-refractivity contribution in [3.8, 4) is 5.75 Å². The standard InChI is InChI=1S/C26H34FN6O7P/c1-16(24(35)37-3)32-41(36,40-18-11-5-4-6-12-18)38-13-19-21(34)26(2,27)25(39-19)33-15-30-20-22(28-14-29-23(20)33)31-17-9-7-8-10-17/h4-6,11-12,14-17,19,21,25,34H,7-10,13H2,1-3H3,(H,32,36)(H,28,29,31)/t16-,19+,21+,25+,26+,41?/m0/s1. The first-order chi connectivity index (χ1) is 19.6. The number of rotatable bonds is 11. The maximum absolute atomic E-state index is 16.1. The third-order valence-corrected chi connectivity index (χ3v) is 8.95. The third-order valence-electron chi connectivity index (χ3n) is 7.31. The van der Waals surface area contributed by atoms with E-state index < -0.39 is 50.5 Å². The molecular weight excluding hydrogens is 558 g/mol. The van der Waals surface area contributed by atoms with E-state index in [1.807, 2.05) is 0 Å². The van der Waals surface area contributed by atoms with Gasteiger partial charge >= 0.3 is 13.7 Å². The highest BCUT2D eigenvalue weighted by Gasteiger charge is 2.56. The molecule has 15 heteroatoms. The molecule has 3 aromatic rings. The molecule has 3 heterocycles. The van der Waals surface area contributed by atoms with Crippen LogP contribution in [-0.2, 0) is 23.4 Å². The fourth-order valence-electron chi connectivity index (χ4n) is 5.09. The Morgan fingerprint density at radius 2 is 2.00 bits per heavy atom. The zero-order valence-corrected chi connectivity index (χ0v) is 23.9. The zero-order valence-electron chi connectivity index (χ0n) is 23.0. The summed E-state index contributed by atoms with van der Waals surface area (Å²) < 4.78 is 52.9. The highest BCUT2D eigenvalue weighted by atomic mass is 31.2. The first-order valence-corrected chi connectivity index (χ1v) is 15.0. The number of methoxy groups -OCH3 is 1. The average Bonchev–Trinajstić information content (AvgIpc) is 3.67. The number of esters is 1. The van der Waals surface area contributed by atoms with Crippen molar-refractivity contribution in [1.82, 2.24) is 24.6 Å². The SMILES string of the molecule is COC(=O)[C@H](C)NP(=O)(OC[C@H]1O[C@@H](n2cnc3c(NC4CCCC4)ncnc32)[C@](C)(F)[C@@H]1O)Oc1ccccc1. The number of nitrogens with zero attached hydrogens (tertiary/aromatic N) is 4. The summed E-state index contributed by atoms with van der Waals surface area (Å²) in [5.74, 6) is 0.0484. The highest BCUT2D eigenvalue weighted by molar-refractivity contribution is 7.52. The molecular formula is C26H34FN6O7P. The van der Waals surface area contributed by atoms with Gasteiger partial charge in [-0.25, -0.2) is 23.9 Å². The number of hydrogen-bond donors (Lipinski definition) is 3. The fraction of sp³-hybridized carbons (Fsp3) is 0.538. The van der Waals surface area contributed by atoms with Crippen molar-refractivity contribution in [3.05, 3.63) is 43.0 Å². The second-order valence-corrected chi connectivity index (χ2v) is 12.1. The Morgan fingerprint density at radius 1 is 1.27 bits per heavy atom. The number of benzene rings is 1. The summed E-state index contributed by atoms with van der Waals surface area (Å²) in [6.07, 6.45) is 2.82. The smallest absolute Gasteiger partial charge is 0.459 e. The third kappa shape index (κ3) is 6.21. The van der Waals surface area contributed by atoms with E-state index in [0.29, 0.717) is 17.0 Å². The summed E-state index contributed by atoms with van der Waals surface area (Å²) in [6.45, 7) is 2.09. The minimum absolute atomic E-state index is 0.202. The number of carbonyl (C=O) groups is 1. The Kier molecular flexibility index (Phi) is 8.57. The molecule has 1 saturated heterocycles. The summed E-state index contributed by atoms with van der Waals surface area (Å²) in [5, 5.41) is 16.8. The number of alkyl halides is 1. The lowest BCUT2D eigenvalue weighted by Gasteiger charge is -2.25. The Morgan fingerprint density at radius 3 is 2.71 bits per heavy atom. The average molecular weight is 593 g/mol. The van der Waals surface area contributed by atoms with Gasteiger partial charge in [0.2, 0.25) is 0 Å². The van der Waals surface area contributed by atoms with Gasteiger partial charge in [-0.2, -0.15) is 5.09 Å². The van der Waals surface area contributed by atoms with Gasteiger partial charge in [0, 0.05) is 6.04 Å². The fourth-order valence-corrected chi connectivity index (χ4v) is 6.59. The number of nitrogens with one attached hydrogen (secondary N) is 2. The molecule has 1 unspecified atom stereocenters. The predicted molar refractivity (Wildman–Crippen MR) is 146 cm³/mol. The quantitative estimate of drug-likeness (QED) is 0.220. The first-order valence-electron chi connectivity index (χ1n) is 13.4. The minimum Gasteiger partial charge on any atom is -0.468 e. The zero-order chi connectivity index (χ0) is 29.2. The van der Waals surface area contributed by atoms with Crippen molar-refractivity contribution in [2.75, 3.05) is 19.0 Å². The Balaban J connectivity index is 1.34. The number of hydrogen-bond acceptors (Lipinski definition) is 11. The van der Waals surface area contributed by atoms with Crippen LogP contribution in [0.25, 0.3) is 11.2 Å². The number of aromatic nitrogens is 4. The van der Waals surface area contributed by atoms with Crippen molar-refractivity contribution < 1.29 is 37.4 Å². The van der Waals surface area contributed by atoms with Crippen LogP contribution in [-0.4, -0.2) is 74.3 Å². The maximum atomic E-state index is 16.1. The van der Waals surface area contributed by atoms with E-state index in [1.165, 1.54) is 38.2 Å². The van der Waals surface area contributed by atoms with Crippen LogP contribution in [0.1, 0.15) is 45.8 Å². The van der Waals surface area contributed by atoms with Crippen LogP contribution in [0.15, 0.2) is 43.0 Å². The number of halogens is 1. The topological polar surface area (TPSA) is 159 Å². The molecule has 222 valence electrons. The lowest BCUT2D eigenvalue weighted by molar-refractivity contribution is -0.142. The van der Waals surface area contributed by atoms with E-state index in [9.17, 15) is 14.5 Å². The van der Waals surface area contributed by atoms with Crippen LogP contribution < -0.4 is 14.9 Å². The van der Waals surface area contributed by atoms with Crippen molar-refractivity contribution in [2.45, 2.75) is 75.7 Å². The number of anilines is 1. The van der Waals surface area contributed by atoms with Crippen molar-refractivity contribution in [2.24, 2.45) is 0 Å². The van der Waals surface area contributed by atoms with Gasteiger partial charge in [-0.05, 0) is 38.8 Å². The monoisotopic (exact) mass is 592 g/mol. The Labute approximate surface area is 236 Å². The summed E-state index contributed by atoms with van der Waals surface area (Å²) in [5.41, 5.74) is -1.52. The van der Waals surface area contributed by atoms with Gasteiger partial charge < -0.3 is 24.4 Å². The Bertz CT molecular complexity index is 1400. The summed E-state index contributed by atoms with van der Waals surface area (Å²) >= 11 is 0. The second-order valence-electron chi connectivity index (χ2n) is 10.4. The molecule has 2 aliphatic rings. The predicted octanol–water partition coefficient (Wildman–Crippen LogP) is 3.52. The number of aliphatic hydroxyl groups excluding tert-OH is 1. The van der Waals surface area contributed by atoms with Crippen LogP contribution in [0.4, 0.5) is 10.2 Å². The highest BCUT2D eigenvalue weighted by Crippen LogP contribution is 2.48. The molecule has 3 N–H and O–H groups in total. The number of imidazole rings is 1. The molecule has 0 radical (unpaired) electrons.